The van der Waals surface area contributed by atoms with Crippen LogP contribution in [0.25, 0.3) is 0 Å². The Morgan fingerprint density at radius 2 is 1.83 bits per heavy atom. The zero-order valence-electron chi connectivity index (χ0n) is 16.9. The summed E-state index contributed by atoms with van der Waals surface area (Å²) in [5.41, 5.74) is 0.466. The molecule has 2 aromatic rings. The highest BCUT2D eigenvalue weighted by atomic mass is 19.4. The number of alkyl halides is 3. The molecule has 8 heteroatoms. The van der Waals surface area contributed by atoms with Crippen LogP contribution < -0.4 is 10.9 Å². The van der Waals surface area contributed by atoms with Crippen molar-refractivity contribution < 1.29 is 18.0 Å². The number of amides is 1. The molecule has 1 fully saturated rings. The van der Waals surface area contributed by atoms with E-state index < -0.39 is 29.8 Å². The summed E-state index contributed by atoms with van der Waals surface area (Å²) in [5.74, 6) is 0.195. The number of aromatic nitrogens is 1. The van der Waals surface area contributed by atoms with Crippen molar-refractivity contribution in [2.75, 3.05) is 13.1 Å². The summed E-state index contributed by atoms with van der Waals surface area (Å²) in [7, 11) is 0. The van der Waals surface area contributed by atoms with Gasteiger partial charge in [-0.1, -0.05) is 31.2 Å². The molecule has 1 atom stereocenters. The van der Waals surface area contributed by atoms with Crippen LogP contribution in [0.5, 0.6) is 0 Å². The van der Waals surface area contributed by atoms with Crippen LogP contribution in [-0.2, 0) is 30.6 Å². The van der Waals surface area contributed by atoms with E-state index in [0.29, 0.717) is 12.3 Å². The largest absolute Gasteiger partial charge is 0.417 e. The predicted molar refractivity (Wildman–Crippen MR) is 108 cm³/mol. The molecular formula is C22H26F3N3O2. The third kappa shape index (κ3) is 6.19. The van der Waals surface area contributed by atoms with Crippen LogP contribution >= 0.6 is 0 Å². The molecule has 1 unspecified atom stereocenters. The second kappa shape index (κ2) is 9.47. The average molecular weight is 421 g/mol. The highest BCUT2D eigenvalue weighted by Crippen LogP contribution is 2.28. The van der Waals surface area contributed by atoms with E-state index in [1.807, 2.05) is 24.3 Å². The van der Waals surface area contributed by atoms with E-state index in [9.17, 15) is 22.8 Å². The highest BCUT2D eigenvalue weighted by Gasteiger charge is 2.31. The first-order chi connectivity index (χ1) is 14.2. The van der Waals surface area contributed by atoms with Gasteiger partial charge in [-0.2, -0.15) is 13.2 Å². The van der Waals surface area contributed by atoms with Gasteiger partial charge in [-0.25, -0.2) is 0 Å². The number of hydrogen-bond donors (Lipinski definition) is 1. The number of carbonyl (C=O) groups excluding carboxylic acids is 1. The van der Waals surface area contributed by atoms with E-state index in [1.165, 1.54) is 18.4 Å². The number of carbonyl (C=O) groups is 1. The molecule has 3 rings (SSSR count). The highest BCUT2D eigenvalue weighted by molar-refractivity contribution is 5.75. The standard InChI is InChI=1S/C22H26F3N3O2/c1-16-3-2-10-27(12-16)13-18-6-4-17(5-7-18)11-26-20(29)15-28-14-19(22(23,24)25)8-9-21(28)30/h4-9,14,16H,2-3,10-13,15H2,1H3,(H,26,29). The van der Waals surface area contributed by atoms with Gasteiger partial charge in [0, 0.05) is 31.9 Å². The molecule has 1 aromatic heterocycles. The third-order valence-electron chi connectivity index (χ3n) is 5.28. The maximum atomic E-state index is 12.8. The lowest BCUT2D eigenvalue weighted by atomic mass is 9.99. The maximum absolute atomic E-state index is 12.8. The number of likely N-dealkylation sites (tertiary alicyclic amines) is 1. The van der Waals surface area contributed by atoms with E-state index in [4.69, 9.17) is 0 Å². The average Bonchev–Trinajstić information content (AvgIpc) is 2.68. The number of hydrogen-bond acceptors (Lipinski definition) is 3. The summed E-state index contributed by atoms with van der Waals surface area (Å²) in [6.45, 7) is 5.16. The number of rotatable bonds is 6. The molecule has 0 radical (unpaired) electrons. The molecule has 1 aromatic carbocycles. The summed E-state index contributed by atoms with van der Waals surface area (Å²) >= 11 is 0. The summed E-state index contributed by atoms with van der Waals surface area (Å²) < 4.78 is 39.1. The van der Waals surface area contributed by atoms with Gasteiger partial charge in [-0.15, -0.1) is 0 Å². The van der Waals surface area contributed by atoms with Crippen molar-refractivity contribution in [3.05, 3.63) is 69.6 Å². The fourth-order valence-electron chi connectivity index (χ4n) is 3.68. The fraction of sp³-hybridized carbons (Fsp3) is 0.455. The van der Waals surface area contributed by atoms with Crippen molar-refractivity contribution >= 4 is 5.91 Å². The topological polar surface area (TPSA) is 54.3 Å². The van der Waals surface area contributed by atoms with Crippen molar-refractivity contribution in [1.29, 1.82) is 0 Å². The van der Waals surface area contributed by atoms with Crippen LogP contribution in [0.15, 0.2) is 47.4 Å². The van der Waals surface area contributed by atoms with Crippen molar-refractivity contribution in [2.45, 2.75) is 45.6 Å². The smallest absolute Gasteiger partial charge is 0.350 e. The summed E-state index contributed by atoms with van der Waals surface area (Å²) in [6.07, 6.45) is -1.40. The summed E-state index contributed by atoms with van der Waals surface area (Å²) in [5, 5.41) is 2.65. The molecule has 0 saturated carbocycles. The number of pyridine rings is 1. The van der Waals surface area contributed by atoms with Gasteiger partial charge >= 0.3 is 6.18 Å². The van der Waals surface area contributed by atoms with Gasteiger partial charge < -0.3 is 9.88 Å². The van der Waals surface area contributed by atoms with E-state index in [2.05, 4.69) is 17.1 Å². The van der Waals surface area contributed by atoms with E-state index in [1.54, 1.807) is 0 Å². The molecule has 162 valence electrons. The van der Waals surface area contributed by atoms with Crippen LogP contribution in [0.4, 0.5) is 13.2 Å². The molecule has 5 nitrogen and oxygen atoms in total. The van der Waals surface area contributed by atoms with Crippen molar-refractivity contribution in [3.8, 4) is 0 Å². The van der Waals surface area contributed by atoms with Crippen molar-refractivity contribution in [3.63, 3.8) is 0 Å². The van der Waals surface area contributed by atoms with Crippen LogP contribution in [0.2, 0.25) is 0 Å². The minimum atomic E-state index is -4.57. The van der Waals surface area contributed by atoms with Crippen LogP contribution in [0.1, 0.15) is 36.5 Å². The molecule has 1 aliphatic rings. The van der Waals surface area contributed by atoms with Crippen LogP contribution in [0.3, 0.4) is 0 Å². The van der Waals surface area contributed by atoms with Gasteiger partial charge in [0.15, 0.2) is 0 Å². The zero-order chi connectivity index (χ0) is 21.7. The number of benzene rings is 1. The SMILES string of the molecule is CC1CCCN(Cc2ccc(CNC(=O)Cn3cc(C(F)(F)F)ccc3=O)cc2)C1. The molecule has 1 N–H and O–H groups in total. The zero-order valence-corrected chi connectivity index (χ0v) is 16.9. The lowest BCUT2D eigenvalue weighted by molar-refractivity contribution is -0.138. The van der Waals surface area contributed by atoms with E-state index in [-0.39, 0.29) is 6.54 Å². The predicted octanol–water partition coefficient (Wildman–Crippen LogP) is 3.42. The second-order valence-electron chi connectivity index (χ2n) is 7.96. The molecule has 30 heavy (non-hydrogen) atoms. The molecule has 1 amide bonds. The first-order valence-electron chi connectivity index (χ1n) is 10.1. The monoisotopic (exact) mass is 421 g/mol. The molecule has 1 saturated heterocycles. The Kier molecular flexibility index (Phi) is 6.97. The lowest BCUT2D eigenvalue weighted by Crippen LogP contribution is -2.33. The van der Waals surface area contributed by atoms with Crippen LogP contribution in [0, 0.1) is 5.92 Å². The van der Waals surface area contributed by atoms with E-state index in [0.717, 1.165) is 41.7 Å². The normalized spacial score (nSPS) is 17.7. The molecule has 1 aliphatic heterocycles. The lowest BCUT2D eigenvalue weighted by Gasteiger charge is -2.30. The second-order valence-corrected chi connectivity index (χ2v) is 7.96. The Morgan fingerprint density at radius 1 is 1.13 bits per heavy atom. The van der Waals surface area contributed by atoms with Gasteiger partial charge in [0.1, 0.15) is 6.54 Å². The Morgan fingerprint density at radius 3 is 2.50 bits per heavy atom. The van der Waals surface area contributed by atoms with E-state index >= 15 is 0 Å². The Labute approximate surface area is 173 Å². The van der Waals surface area contributed by atoms with Crippen LogP contribution in [-0.4, -0.2) is 28.5 Å². The minimum absolute atomic E-state index is 0.244. The maximum Gasteiger partial charge on any atom is 0.417 e. The minimum Gasteiger partial charge on any atom is -0.350 e. The molecule has 0 aliphatic carbocycles. The van der Waals surface area contributed by atoms with Gasteiger partial charge in [-0.3, -0.25) is 14.5 Å². The van der Waals surface area contributed by atoms with Gasteiger partial charge in [0.25, 0.3) is 5.56 Å². The molecule has 0 spiro atoms. The van der Waals surface area contributed by atoms with Gasteiger partial charge in [0.05, 0.1) is 5.56 Å². The molecule has 0 bridgehead atoms. The first-order valence-corrected chi connectivity index (χ1v) is 10.1. The quantitative estimate of drug-likeness (QED) is 0.778. The Bertz CT molecular complexity index is 922. The molecular weight excluding hydrogens is 395 g/mol. The number of nitrogens with one attached hydrogen (secondary N) is 1. The first kappa shape index (κ1) is 22.1. The van der Waals surface area contributed by atoms with Crippen molar-refractivity contribution in [2.24, 2.45) is 5.92 Å². The summed E-state index contributed by atoms with van der Waals surface area (Å²) in [6, 6.07) is 9.44. The van der Waals surface area contributed by atoms with Gasteiger partial charge in [0.2, 0.25) is 5.91 Å². The fourth-order valence-corrected chi connectivity index (χ4v) is 3.68. The van der Waals surface area contributed by atoms with Gasteiger partial charge in [-0.05, 0) is 42.5 Å². The Balaban J connectivity index is 1.52. The number of piperidine rings is 1. The van der Waals surface area contributed by atoms with Crippen molar-refractivity contribution in [1.82, 2.24) is 14.8 Å². The Hall–Kier alpha value is -2.61. The number of halogens is 3. The summed E-state index contributed by atoms with van der Waals surface area (Å²) in [4.78, 5) is 26.3. The third-order valence-corrected chi connectivity index (χ3v) is 5.28. The molecule has 2 heterocycles. The number of nitrogens with zero attached hydrogens (tertiary/aromatic N) is 2.